The molecule has 0 saturated carbocycles. The fourth-order valence-corrected chi connectivity index (χ4v) is 14.1. The van der Waals surface area contributed by atoms with Crippen molar-refractivity contribution in [1.82, 2.24) is 4.48 Å². The first-order chi connectivity index (χ1) is 39.2. The summed E-state index contributed by atoms with van der Waals surface area (Å²) in [6.45, 7) is -0.295. The molecule has 0 radical (unpaired) electrons. The second-order valence-electron chi connectivity index (χ2n) is 21.4. The maximum Gasteiger partial charge on any atom is 0.333 e. The molecule has 364 valence electrons. The Morgan fingerprint density at radius 1 is 0.316 bits per heavy atom. The normalized spacial score (nSPS) is 12.8. The topological polar surface area (TPSA) is 34.5 Å². The number of rotatable bonds is 5. The summed E-state index contributed by atoms with van der Waals surface area (Å²) in [5.74, 6) is 0. The molecule has 3 aromatic heterocycles. The van der Waals surface area contributed by atoms with Gasteiger partial charge in [-0.2, -0.15) is 0 Å². The van der Waals surface area contributed by atoms with E-state index in [0.717, 1.165) is 116 Å². The number of nitrogens with zero attached hydrogens (tertiary/aromatic N) is 2. The summed E-state index contributed by atoms with van der Waals surface area (Å²) in [4.78, 5) is 2.61. The molecule has 0 N–H and O–H groups in total. The Balaban J connectivity index is 1.08. The van der Waals surface area contributed by atoms with Crippen LogP contribution in [0.4, 0.5) is 17.1 Å². The number of hydrogen-bond acceptors (Lipinski definition) is 3. The van der Waals surface area contributed by atoms with Crippen LogP contribution in [0.5, 0.6) is 0 Å². The lowest BCUT2D eigenvalue weighted by atomic mass is 9.44. The van der Waals surface area contributed by atoms with Gasteiger partial charge >= 0.3 is 6.85 Å². The van der Waals surface area contributed by atoms with Gasteiger partial charge in [-0.15, -0.1) is 0 Å². The molecule has 0 saturated heterocycles. The summed E-state index contributed by atoms with van der Waals surface area (Å²) in [6, 6.07) is 96.0. The van der Waals surface area contributed by atoms with Crippen molar-refractivity contribution < 1.29 is 8.83 Å². The van der Waals surface area contributed by atoms with Crippen LogP contribution in [0, 0.1) is 0 Å². The maximum atomic E-state index is 7.32. The van der Waals surface area contributed by atoms with E-state index in [0.29, 0.717) is 0 Å². The van der Waals surface area contributed by atoms with Crippen molar-refractivity contribution in [3.05, 3.63) is 261 Å². The molecule has 0 spiro atoms. The summed E-state index contributed by atoms with van der Waals surface area (Å²) >= 11 is 0. The second kappa shape index (κ2) is 16.1. The zero-order valence-electron chi connectivity index (χ0n) is 42.6. The van der Waals surface area contributed by atoms with Gasteiger partial charge < -0.3 is 18.2 Å². The zero-order valence-corrected chi connectivity index (χ0v) is 42.6. The SMILES string of the molecule is c1ccc(-c2cc(-c3ccccc3)cc(N3c4cc5c(-c6ccccc6)c6ccccc6c(-c6ccccc6)c5cc4B4c5c3cc3c(oc6ccccc63)c5-c3cc5c6ccccc6oc5c5c6ccccc6n4c35)c2)cc1. The molecule has 0 bridgehead atoms. The lowest BCUT2D eigenvalue weighted by molar-refractivity contribution is 0.670. The third kappa shape index (κ3) is 5.93. The number of fused-ring (bicyclic) bond motifs is 17. The molecule has 5 heteroatoms. The van der Waals surface area contributed by atoms with Crippen molar-refractivity contribution in [3.63, 3.8) is 0 Å². The molecule has 0 fully saturated rings. The monoisotopic (exact) mass is 1000 g/mol. The zero-order chi connectivity index (χ0) is 51.4. The molecule has 2 aliphatic heterocycles. The first kappa shape index (κ1) is 42.8. The summed E-state index contributed by atoms with van der Waals surface area (Å²) in [5, 5.41) is 11.5. The molecule has 18 rings (SSSR count). The first-order valence-corrected chi connectivity index (χ1v) is 27.3. The maximum absolute atomic E-state index is 7.32. The quantitative estimate of drug-likeness (QED) is 0.127. The van der Waals surface area contributed by atoms with Crippen LogP contribution in [0.25, 0.3) is 143 Å². The Kier molecular flexibility index (Phi) is 8.72. The van der Waals surface area contributed by atoms with Gasteiger partial charge in [-0.25, -0.2) is 0 Å². The van der Waals surface area contributed by atoms with E-state index in [1.165, 1.54) is 54.7 Å². The number of benzene rings is 13. The number of para-hydroxylation sites is 3. The standard InChI is InChI=1S/C74H43BN2O2/c1-5-21-44(22-6-1)48-37-49(45-23-7-2-8-24-45)39-50(38-48)76-63-42-57-56(67(46-25-9-3-10-26-46)53-31-13-14-32-54(53)68(57)47-27-11-4-12-28-47)41-61(63)75-71-64(76)43-59-52-30-17-20-36-66(52)78-73(59)69(71)60-40-58-51-29-16-19-35-65(51)79-74(58)70-55-33-15-18-34-62(55)77(75)72(60)70/h1-43H. The van der Waals surface area contributed by atoms with Crippen LogP contribution in [0.1, 0.15) is 0 Å². The van der Waals surface area contributed by atoms with E-state index in [9.17, 15) is 0 Å². The van der Waals surface area contributed by atoms with E-state index >= 15 is 0 Å². The minimum Gasteiger partial charge on any atom is -0.455 e. The smallest absolute Gasteiger partial charge is 0.333 e. The fourth-order valence-electron chi connectivity index (χ4n) is 14.1. The predicted molar refractivity (Wildman–Crippen MR) is 331 cm³/mol. The van der Waals surface area contributed by atoms with E-state index in [4.69, 9.17) is 8.83 Å². The number of aromatic nitrogens is 1. The number of anilines is 3. The molecule has 0 unspecified atom stereocenters. The average molecular weight is 1000 g/mol. The molecule has 0 amide bonds. The Morgan fingerprint density at radius 3 is 1.38 bits per heavy atom. The van der Waals surface area contributed by atoms with Crippen LogP contribution in [0.3, 0.4) is 0 Å². The number of hydrogen-bond donors (Lipinski definition) is 0. The second-order valence-corrected chi connectivity index (χ2v) is 21.4. The first-order valence-electron chi connectivity index (χ1n) is 27.3. The molecular weight excluding hydrogens is 960 g/mol. The van der Waals surface area contributed by atoms with Gasteiger partial charge in [-0.05, 0) is 132 Å². The minimum absolute atomic E-state index is 0.295. The van der Waals surface area contributed by atoms with E-state index in [2.05, 4.69) is 270 Å². The highest BCUT2D eigenvalue weighted by atomic mass is 16.3. The van der Waals surface area contributed by atoms with E-state index in [1.54, 1.807) is 0 Å². The van der Waals surface area contributed by atoms with Crippen LogP contribution in [-0.2, 0) is 0 Å². The fraction of sp³-hybridized carbons (Fsp3) is 0. The Bertz CT molecular complexity index is 5190. The van der Waals surface area contributed by atoms with Crippen molar-refractivity contribution >= 4 is 122 Å². The Morgan fingerprint density at radius 2 is 0.785 bits per heavy atom. The van der Waals surface area contributed by atoms with Crippen LogP contribution in [-0.4, -0.2) is 11.3 Å². The highest BCUT2D eigenvalue weighted by molar-refractivity contribution is 6.90. The molecule has 2 aliphatic rings. The summed E-state index contributed by atoms with van der Waals surface area (Å²) in [6.07, 6.45) is 0. The van der Waals surface area contributed by atoms with E-state index in [-0.39, 0.29) is 6.85 Å². The average Bonchev–Trinajstić information content (AvgIpc) is 4.17. The third-order valence-electron chi connectivity index (χ3n) is 17.3. The predicted octanol–water partition coefficient (Wildman–Crippen LogP) is 19.0. The molecule has 16 aromatic rings. The molecule has 0 atom stereocenters. The largest absolute Gasteiger partial charge is 0.455 e. The van der Waals surface area contributed by atoms with E-state index < -0.39 is 0 Å². The summed E-state index contributed by atoms with van der Waals surface area (Å²) in [5.41, 5.74) is 23.2. The Labute approximate surface area is 454 Å². The summed E-state index contributed by atoms with van der Waals surface area (Å²) < 4.78 is 17.0. The van der Waals surface area contributed by atoms with Gasteiger partial charge in [0.05, 0.1) is 5.39 Å². The minimum atomic E-state index is -0.295. The highest BCUT2D eigenvalue weighted by Gasteiger charge is 2.46. The molecule has 5 heterocycles. The van der Waals surface area contributed by atoms with Gasteiger partial charge in [0, 0.05) is 66.2 Å². The van der Waals surface area contributed by atoms with Crippen molar-refractivity contribution in [2.24, 2.45) is 0 Å². The highest BCUT2D eigenvalue weighted by Crippen LogP contribution is 2.54. The van der Waals surface area contributed by atoms with Crippen LogP contribution in [0.15, 0.2) is 270 Å². The van der Waals surface area contributed by atoms with Crippen LogP contribution in [0.2, 0.25) is 0 Å². The molecular formula is C74H43BN2O2. The van der Waals surface area contributed by atoms with Crippen molar-refractivity contribution in [1.29, 1.82) is 0 Å². The van der Waals surface area contributed by atoms with Gasteiger partial charge in [-0.1, -0.05) is 206 Å². The lowest BCUT2D eigenvalue weighted by Crippen LogP contribution is -2.56. The van der Waals surface area contributed by atoms with Gasteiger partial charge in [-0.3, -0.25) is 0 Å². The molecule has 4 nitrogen and oxygen atoms in total. The molecule has 13 aromatic carbocycles. The van der Waals surface area contributed by atoms with Crippen molar-refractivity contribution in [2.45, 2.75) is 0 Å². The third-order valence-corrected chi connectivity index (χ3v) is 17.3. The summed E-state index contributed by atoms with van der Waals surface area (Å²) in [7, 11) is 0. The van der Waals surface area contributed by atoms with Gasteiger partial charge in [0.2, 0.25) is 0 Å². The van der Waals surface area contributed by atoms with Crippen molar-refractivity contribution in [2.75, 3.05) is 4.90 Å². The van der Waals surface area contributed by atoms with Gasteiger partial charge in [0.15, 0.2) is 0 Å². The molecule has 79 heavy (non-hydrogen) atoms. The lowest BCUT2D eigenvalue weighted by Gasteiger charge is -2.41. The van der Waals surface area contributed by atoms with Gasteiger partial charge in [0.25, 0.3) is 0 Å². The Hall–Kier alpha value is -10.4. The number of furan rings is 2. The van der Waals surface area contributed by atoms with Crippen molar-refractivity contribution in [3.8, 4) is 55.6 Å². The van der Waals surface area contributed by atoms with Gasteiger partial charge in [0.1, 0.15) is 22.3 Å². The van der Waals surface area contributed by atoms with Crippen LogP contribution < -0.4 is 15.8 Å². The van der Waals surface area contributed by atoms with Crippen LogP contribution >= 0.6 is 0 Å². The van der Waals surface area contributed by atoms with E-state index in [1.807, 2.05) is 0 Å². The molecule has 0 aliphatic carbocycles.